The Balaban J connectivity index is 1.39. The Morgan fingerprint density at radius 1 is 1.29 bits per heavy atom. The summed E-state index contributed by atoms with van der Waals surface area (Å²) in [5, 5.41) is 13.3. The summed E-state index contributed by atoms with van der Waals surface area (Å²) in [5.41, 5.74) is 3.08. The second kappa shape index (κ2) is 8.52. The zero-order chi connectivity index (χ0) is 21.4. The zero-order valence-corrected chi connectivity index (χ0v) is 18.9. The number of hydrogen-bond donors (Lipinski definition) is 1. The average molecular weight is 455 g/mol. The van der Waals surface area contributed by atoms with E-state index >= 15 is 0 Å². The zero-order valence-electron chi connectivity index (χ0n) is 17.3. The maximum absolute atomic E-state index is 13.0. The molecule has 1 aromatic carbocycles. The Kier molecular flexibility index (Phi) is 5.59. The van der Waals surface area contributed by atoms with Crippen molar-refractivity contribution in [3.05, 3.63) is 50.9 Å². The number of aromatic nitrogens is 6. The molecule has 1 aliphatic rings. The number of thioether (sulfide) groups is 1. The summed E-state index contributed by atoms with van der Waals surface area (Å²) < 4.78 is 7.45. The minimum absolute atomic E-state index is 0.112. The number of nitrogens with zero attached hydrogens (tertiary/aromatic N) is 5. The largest absolute Gasteiger partial charge is 0.376 e. The van der Waals surface area contributed by atoms with Crippen LogP contribution in [0.3, 0.4) is 0 Å². The Morgan fingerprint density at radius 3 is 2.90 bits per heavy atom. The molecule has 0 amide bonds. The molecule has 0 saturated carbocycles. The van der Waals surface area contributed by atoms with E-state index in [9.17, 15) is 4.79 Å². The molecule has 1 aliphatic heterocycles. The number of tetrazole rings is 1. The molecule has 31 heavy (non-hydrogen) atoms. The number of hydrogen-bond acceptors (Lipinski definition) is 8. The highest BCUT2D eigenvalue weighted by atomic mass is 32.2. The van der Waals surface area contributed by atoms with Crippen LogP contribution in [0.4, 0.5) is 0 Å². The molecule has 8 nitrogen and oxygen atoms in total. The van der Waals surface area contributed by atoms with E-state index in [1.165, 1.54) is 17.3 Å². The highest BCUT2D eigenvalue weighted by Crippen LogP contribution is 2.35. The molecule has 1 saturated heterocycles. The summed E-state index contributed by atoms with van der Waals surface area (Å²) in [7, 11) is 0. The first kappa shape index (κ1) is 20.3. The molecular formula is C21H22N6O2S2. The molecule has 10 heteroatoms. The minimum Gasteiger partial charge on any atom is -0.376 e. The molecule has 1 fully saturated rings. The third-order valence-corrected chi connectivity index (χ3v) is 7.33. The van der Waals surface area contributed by atoms with E-state index in [1.807, 2.05) is 6.92 Å². The lowest BCUT2D eigenvalue weighted by Crippen LogP contribution is -2.17. The van der Waals surface area contributed by atoms with Crippen LogP contribution in [0.15, 0.2) is 34.2 Å². The van der Waals surface area contributed by atoms with E-state index in [1.54, 1.807) is 16.0 Å². The summed E-state index contributed by atoms with van der Waals surface area (Å²) in [6, 6.07) is 8.24. The molecule has 5 rings (SSSR count). The van der Waals surface area contributed by atoms with Crippen LogP contribution in [0.1, 0.15) is 29.1 Å². The van der Waals surface area contributed by atoms with E-state index < -0.39 is 0 Å². The maximum Gasteiger partial charge on any atom is 0.260 e. The summed E-state index contributed by atoms with van der Waals surface area (Å²) in [6.07, 6.45) is 2.26. The van der Waals surface area contributed by atoms with Gasteiger partial charge in [-0.2, -0.15) is 0 Å². The molecule has 0 unspecified atom stereocenters. The average Bonchev–Trinajstić information content (AvgIpc) is 3.48. The van der Waals surface area contributed by atoms with E-state index in [0.29, 0.717) is 28.7 Å². The number of aryl methyl sites for hydroxylation is 2. The van der Waals surface area contributed by atoms with Gasteiger partial charge in [-0.15, -0.1) is 16.4 Å². The van der Waals surface area contributed by atoms with Crippen molar-refractivity contribution < 1.29 is 4.74 Å². The van der Waals surface area contributed by atoms with E-state index in [-0.39, 0.29) is 11.7 Å². The van der Waals surface area contributed by atoms with Crippen LogP contribution >= 0.6 is 23.1 Å². The van der Waals surface area contributed by atoms with Crippen LogP contribution in [-0.4, -0.2) is 42.9 Å². The standard InChI is InChI=1S/C21H22N6O2S2/c1-12-5-7-14(8-6-12)17-13(2)31-20-18(17)19(28)22-16(23-20)11-30-21-24-25-26-27(21)10-15-4-3-9-29-15/h5-8,15H,3-4,9-11H2,1-2H3,(H,22,23,28)/t15-/m1/s1. The van der Waals surface area contributed by atoms with Gasteiger partial charge in [0.25, 0.3) is 5.56 Å². The van der Waals surface area contributed by atoms with Gasteiger partial charge in [0.1, 0.15) is 10.7 Å². The van der Waals surface area contributed by atoms with E-state index in [2.05, 4.69) is 51.7 Å². The molecule has 0 aliphatic carbocycles. The van der Waals surface area contributed by atoms with Crippen molar-refractivity contribution in [2.75, 3.05) is 6.61 Å². The van der Waals surface area contributed by atoms with Crippen molar-refractivity contribution in [3.8, 4) is 11.1 Å². The van der Waals surface area contributed by atoms with Gasteiger partial charge in [0.2, 0.25) is 5.16 Å². The van der Waals surface area contributed by atoms with Gasteiger partial charge < -0.3 is 9.72 Å². The first-order valence-corrected chi connectivity index (χ1v) is 12.0. The van der Waals surface area contributed by atoms with E-state index in [0.717, 1.165) is 40.3 Å². The second-order valence-electron chi connectivity index (χ2n) is 7.66. The fourth-order valence-corrected chi connectivity index (χ4v) is 5.65. The summed E-state index contributed by atoms with van der Waals surface area (Å²) >= 11 is 3.01. The second-order valence-corrected chi connectivity index (χ2v) is 9.81. The number of benzene rings is 1. The molecule has 1 atom stereocenters. The predicted molar refractivity (Wildman–Crippen MR) is 122 cm³/mol. The first-order valence-electron chi connectivity index (χ1n) is 10.2. The van der Waals surface area contributed by atoms with E-state index in [4.69, 9.17) is 9.72 Å². The number of aromatic amines is 1. The van der Waals surface area contributed by atoms with Gasteiger partial charge in [0.15, 0.2) is 0 Å². The molecule has 160 valence electrons. The van der Waals surface area contributed by atoms with Crippen LogP contribution in [0.2, 0.25) is 0 Å². The van der Waals surface area contributed by atoms with Gasteiger partial charge in [-0.1, -0.05) is 41.6 Å². The van der Waals surface area contributed by atoms with Gasteiger partial charge in [-0.05, 0) is 42.7 Å². The third kappa shape index (κ3) is 4.15. The number of rotatable bonds is 6. The van der Waals surface area contributed by atoms with Gasteiger partial charge in [0.05, 0.1) is 23.8 Å². The number of ether oxygens (including phenoxy) is 1. The summed E-state index contributed by atoms with van der Waals surface area (Å²) in [4.78, 5) is 22.5. The lowest BCUT2D eigenvalue weighted by Gasteiger charge is -2.09. The summed E-state index contributed by atoms with van der Waals surface area (Å²) in [5.74, 6) is 1.10. The molecular weight excluding hydrogens is 432 g/mol. The molecule has 4 heterocycles. The molecule has 0 spiro atoms. The lowest BCUT2D eigenvalue weighted by molar-refractivity contribution is 0.0912. The van der Waals surface area contributed by atoms with Gasteiger partial charge >= 0.3 is 0 Å². The number of fused-ring (bicyclic) bond motifs is 1. The lowest BCUT2D eigenvalue weighted by atomic mass is 10.0. The Hall–Kier alpha value is -2.56. The van der Waals surface area contributed by atoms with Crippen LogP contribution < -0.4 is 5.56 Å². The van der Waals surface area contributed by atoms with Gasteiger partial charge in [-0.25, -0.2) is 9.67 Å². The number of H-pyrrole nitrogens is 1. The van der Waals surface area contributed by atoms with Crippen LogP contribution in [0.5, 0.6) is 0 Å². The first-order chi connectivity index (χ1) is 15.1. The van der Waals surface area contributed by atoms with Crippen molar-refractivity contribution in [3.63, 3.8) is 0 Å². The van der Waals surface area contributed by atoms with Crippen LogP contribution in [-0.2, 0) is 17.0 Å². The van der Waals surface area contributed by atoms with Crippen molar-refractivity contribution in [2.45, 2.75) is 50.2 Å². The van der Waals surface area contributed by atoms with Crippen molar-refractivity contribution in [2.24, 2.45) is 0 Å². The molecule has 0 radical (unpaired) electrons. The van der Waals surface area contributed by atoms with Crippen LogP contribution in [0, 0.1) is 13.8 Å². The summed E-state index contributed by atoms with van der Waals surface area (Å²) in [6.45, 7) is 5.53. The van der Waals surface area contributed by atoms with Crippen molar-refractivity contribution in [1.29, 1.82) is 0 Å². The normalized spacial score (nSPS) is 16.4. The van der Waals surface area contributed by atoms with Crippen LogP contribution in [0.25, 0.3) is 21.3 Å². The maximum atomic E-state index is 13.0. The van der Waals surface area contributed by atoms with Gasteiger partial charge in [-0.3, -0.25) is 4.79 Å². The monoisotopic (exact) mass is 454 g/mol. The Morgan fingerprint density at radius 2 is 2.13 bits per heavy atom. The van der Waals surface area contributed by atoms with Gasteiger partial charge in [0, 0.05) is 17.0 Å². The Bertz CT molecular complexity index is 1270. The smallest absolute Gasteiger partial charge is 0.260 e. The fourth-order valence-electron chi connectivity index (χ4n) is 3.83. The quantitative estimate of drug-likeness (QED) is 0.443. The third-order valence-electron chi connectivity index (χ3n) is 5.36. The minimum atomic E-state index is -0.112. The highest BCUT2D eigenvalue weighted by Gasteiger charge is 2.20. The number of nitrogens with one attached hydrogen (secondary N) is 1. The SMILES string of the molecule is Cc1ccc(-c2c(C)sc3nc(CSc4nnnn4C[C@H]4CCCO4)[nH]c(=O)c23)cc1. The molecule has 1 N–H and O–H groups in total. The highest BCUT2D eigenvalue weighted by molar-refractivity contribution is 7.98. The fraction of sp³-hybridized carbons (Fsp3) is 0.381. The Labute approximate surface area is 187 Å². The predicted octanol–water partition coefficient (Wildman–Crippen LogP) is 3.73. The molecule has 4 aromatic rings. The number of thiophene rings is 1. The van der Waals surface area contributed by atoms with Crippen molar-refractivity contribution >= 4 is 33.3 Å². The van der Waals surface area contributed by atoms with Crippen molar-refractivity contribution in [1.82, 2.24) is 30.2 Å². The topological polar surface area (TPSA) is 98.6 Å². The molecule has 3 aromatic heterocycles. The molecule has 0 bridgehead atoms.